The number of para-hydroxylation sites is 2. The second-order valence-corrected chi connectivity index (χ2v) is 4.88. The molecule has 1 amide bonds. The number of anilines is 1. The molecule has 21 heavy (non-hydrogen) atoms. The molecule has 2 rings (SSSR count). The number of aliphatic carboxylic acids is 1. The number of nitro groups is 1. The summed E-state index contributed by atoms with van der Waals surface area (Å²) in [6, 6.07) is 5.89. The molecule has 8 heteroatoms. The van der Waals surface area contributed by atoms with Crippen LogP contribution in [0.3, 0.4) is 0 Å². The number of carbonyl (C=O) groups excluding carboxylic acids is 1. The van der Waals surface area contributed by atoms with Crippen molar-refractivity contribution in [3.63, 3.8) is 0 Å². The number of hydrogen-bond acceptors (Lipinski definition) is 5. The minimum absolute atomic E-state index is 0.0236. The summed E-state index contributed by atoms with van der Waals surface area (Å²) in [6.45, 7) is 0.872. The molecule has 8 nitrogen and oxygen atoms in total. The fourth-order valence-electron chi connectivity index (χ4n) is 2.31. The Kier molecular flexibility index (Phi) is 4.49. The lowest BCUT2D eigenvalue weighted by atomic mass is 10.1. The minimum atomic E-state index is -0.864. The van der Waals surface area contributed by atoms with Gasteiger partial charge >= 0.3 is 5.97 Å². The van der Waals surface area contributed by atoms with E-state index in [2.05, 4.69) is 5.32 Å². The van der Waals surface area contributed by atoms with E-state index in [1.54, 1.807) is 11.0 Å². The van der Waals surface area contributed by atoms with Crippen LogP contribution in [0.2, 0.25) is 0 Å². The van der Waals surface area contributed by atoms with Gasteiger partial charge in [0.1, 0.15) is 5.69 Å². The van der Waals surface area contributed by atoms with Crippen molar-refractivity contribution in [3.05, 3.63) is 34.4 Å². The summed E-state index contributed by atoms with van der Waals surface area (Å²) < 4.78 is 0. The minimum Gasteiger partial charge on any atom is -0.481 e. The Morgan fingerprint density at radius 2 is 2.14 bits per heavy atom. The van der Waals surface area contributed by atoms with E-state index in [1.807, 2.05) is 0 Å². The van der Waals surface area contributed by atoms with Crippen molar-refractivity contribution in [3.8, 4) is 0 Å². The van der Waals surface area contributed by atoms with Crippen LogP contribution < -0.4 is 5.32 Å². The fourth-order valence-corrected chi connectivity index (χ4v) is 2.31. The Bertz CT molecular complexity index is 575. The monoisotopic (exact) mass is 293 g/mol. The van der Waals surface area contributed by atoms with Crippen LogP contribution in [0.1, 0.15) is 6.42 Å². The summed E-state index contributed by atoms with van der Waals surface area (Å²) in [6.07, 6.45) is 0.508. The molecule has 0 aliphatic carbocycles. The Morgan fingerprint density at radius 3 is 2.76 bits per heavy atom. The normalized spacial score (nSPS) is 18.4. The molecule has 2 N–H and O–H groups in total. The number of nitrogens with zero attached hydrogens (tertiary/aromatic N) is 2. The van der Waals surface area contributed by atoms with Gasteiger partial charge in [0.15, 0.2) is 0 Å². The number of hydrogen-bond donors (Lipinski definition) is 2. The summed E-state index contributed by atoms with van der Waals surface area (Å²) >= 11 is 0. The van der Waals surface area contributed by atoms with Crippen LogP contribution in [0.25, 0.3) is 0 Å². The van der Waals surface area contributed by atoms with Gasteiger partial charge in [0.25, 0.3) is 5.69 Å². The van der Waals surface area contributed by atoms with Crippen LogP contribution in [0.5, 0.6) is 0 Å². The second-order valence-electron chi connectivity index (χ2n) is 4.88. The first-order chi connectivity index (χ1) is 9.97. The van der Waals surface area contributed by atoms with Crippen LogP contribution in [-0.2, 0) is 9.59 Å². The lowest BCUT2D eigenvalue weighted by Gasteiger charge is -2.14. The highest BCUT2D eigenvalue weighted by Crippen LogP contribution is 2.23. The quantitative estimate of drug-likeness (QED) is 0.617. The van der Waals surface area contributed by atoms with Gasteiger partial charge in [0.2, 0.25) is 5.91 Å². The molecule has 112 valence electrons. The molecule has 1 unspecified atom stereocenters. The zero-order valence-corrected chi connectivity index (χ0v) is 11.2. The molecule has 1 heterocycles. The number of carboxylic acid groups (broad SMARTS) is 1. The lowest BCUT2D eigenvalue weighted by molar-refractivity contribution is -0.383. The molecule has 1 aliphatic heterocycles. The van der Waals surface area contributed by atoms with Gasteiger partial charge in [-0.25, -0.2) is 0 Å². The van der Waals surface area contributed by atoms with E-state index >= 15 is 0 Å². The van der Waals surface area contributed by atoms with Crippen molar-refractivity contribution in [1.29, 1.82) is 0 Å². The molecule has 1 aromatic carbocycles. The van der Waals surface area contributed by atoms with Gasteiger partial charge in [-0.3, -0.25) is 24.6 Å². The maximum Gasteiger partial charge on any atom is 0.307 e. The standard InChI is InChI=1S/C13H15N3O5/c17-12(8-15-6-5-9(7-15)13(18)19)14-10-3-1-2-4-11(10)16(20)21/h1-4,9H,5-8H2,(H,14,17)(H,18,19). The van der Waals surface area contributed by atoms with E-state index in [0.29, 0.717) is 19.5 Å². The molecule has 1 aliphatic rings. The molecular formula is C13H15N3O5. The van der Waals surface area contributed by atoms with E-state index in [-0.39, 0.29) is 17.9 Å². The van der Waals surface area contributed by atoms with Crippen molar-refractivity contribution >= 4 is 23.3 Å². The number of benzene rings is 1. The van der Waals surface area contributed by atoms with Crippen molar-refractivity contribution in [2.24, 2.45) is 5.92 Å². The molecule has 0 bridgehead atoms. The average molecular weight is 293 g/mol. The first-order valence-corrected chi connectivity index (χ1v) is 6.46. The number of amides is 1. The largest absolute Gasteiger partial charge is 0.481 e. The smallest absolute Gasteiger partial charge is 0.307 e. The van der Waals surface area contributed by atoms with Crippen molar-refractivity contribution in [1.82, 2.24) is 4.90 Å². The summed E-state index contributed by atoms with van der Waals surface area (Å²) in [5.41, 5.74) is -0.0304. The van der Waals surface area contributed by atoms with Crippen LogP contribution in [0.15, 0.2) is 24.3 Å². The Balaban J connectivity index is 1.94. The molecule has 1 atom stereocenters. The van der Waals surface area contributed by atoms with Gasteiger partial charge in [0, 0.05) is 12.6 Å². The Labute approximate surface area is 120 Å². The van der Waals surface area contributed by atoms with Gasteiger partial charge in [-0.05, 0) is 19.0 Å². The summed E-state index contributed by atoms with van der Waals surface area (Å²) in [5, 5.41) is 22.2. The molecule has 0 spiro atoms. The van der Waals surface area contributed by atoms with Crippen molar-refractivity contribution < 1.29 is 19.6 Å². The molecule has 1 aromatic rings. The Hall–Kier alpha value is -2.48. The van der Waals surface area contributed by atoms with Gasteiger partial charge in [-0.15, -0.1) is 0 Å². The lowest BCUT2D eigenvalue weighted by Crippen LogP contribution is -2.32. The highest BCUT2D eigenvalue weighted by atomic mass is 16.6. The highest BCUT2D eigenvalue weighted by molar-refractivity contribution is 5.94. The summed E-state index contributed by atoms with van der Waals surface area (Å²) in [4.78, 5) is 34.7. The predicted molar refractivity (Wildman–Crippen MR) is 73.9 cm³/mol. The number of nitro benzene ring substituents is 1. The maximum absolute atomic E-state index is 11.9. The van der Waals surface area contributed by atoms with Crippen molar-refractivity contribution in [2.75, 3.05) is 25.0 Å². The van der Waals surface area contributed by atoms with E-state index in [0.717, 1.165) is 0 Å². The zero-order chi connectivity index (χ0) is 15.4. The molecular weight excluding hydrogens is 278 g/mol. The SMILES string of the molecule is O=C(CN1CCC(C(=O)O)C1)Nc1ccccc1[N+](=O)[O-]. The summed E-state index contributed by atoms with van der Waals surface area (Å²) in [5.74, 6) is -1.71. The van der Waals surface area contributed by atoms with Crippen LogP contribution in [0, 0.1) is 16.0 Å². The number of likely N-dealkylation sites (tertiary alicyclic amines) is 1. The van der Waals surface area contributed by atoms with Crippen LogP contribution in [0.4, 0.5) is 11.4 Å². The van der Waals surface area contributed by atoms with E-state index in [4.69, 9.17) is 5.11 Å². The average Bonchev–Trinajstić information content (AvgIpc) is 2.87. The predicted octanol–water partition coefficient (Wildman–Crippen LogP) is 0.940. The van der Waals surface area contributed by atoms with E-state index in [9.17, 15) is 19.7 Å². The third kappa shape index (κ3) is 3.76. The third-order valence-corrected chi connectivity index (χ3v) is 3.36. The number of carboxylic acids is 1. The van der Waals surface area contributed by atoms with Gasteiger partial charge in [-0.1, -0.05) is 12.1 Å². The third-order valence-electron chi connectivity index (χ3n) is 3.36. The number of carbonyl (C=O) groups is 2. The van der Waals surface area contributed by atoms with Gasteiger partial charge in [-0.2, -0.15) is 0 Å². The van der Waals surface area contributed by atoms with Crippen LogP contribution >= 0.6 is 0 Å². The fraction of sp³-hybridized carbons (Fsp3) is 0.385. The second kappa shape index (κ2) is 6.31. The molecule has 0 aromatic heterocycles. The molecule has 0 saturated carbocycles. The Morgan fingerprint density at radius 1 is 1.43 bits per heavy atom. The van der Waals surface area contributed by atoms with Gasteiger partial charge in [0.05, 0.1) is 17.4 Å². The first kappa shape index (κ1) is 14.9. The van der Waals surface area contributed by atoms with Crippen molar-refractivity contribution in [2.45, 2.75) is 6.42 Å². The van der Waals surface area contributed by atoms with E-state index < -0.39 is 22.7 Å². The maximum atomic E-state index is 11.9. The van der Waals surface area contributed by atoms with Gasteiger partial charge < -0.3 is 10.4 Å². The zero-order valence-electron chi connectivity index (χ0n) is 11.2. The molecule has 1 saturated heterocycles. The highest BCUT2D eigenvalue weighted by Gasteiger charge is 2.29. The number of nitrogens with one attached hydrogen (secondary N) is 1. The first-order valence-electron chi connectivity index (χ1n) is 6.46. The summed E-state index contributed by atoms with van der Waals surface area (Å²) in [7, 11) is 0. The van der Waals surface area contributed by atoms with E-state index in [1.165, 1.54) is 18.2 Å². The molecule has 0 radical (unpaired) electrons. The number of rotatable bonds is 5. The van der Waals surface area contributed by atoms with Crippen LogP contribution in [-0.4, -0.2) is 46.4 Å². The topological polar surface area (TPSA) is 113 Å². The molecule has 1 fully saturated rings.